The molecule has 0 heterocycles. The van der Waals surface area contributed by atoms with Gasteiger partial charge in [-0.1, -0.05) is 12.1 Å². The predicted octanol–water partition coefficient (Wildman–Crippen LogP) is 0.826. The van der Waals surface area contributed by atoms with E-state index in [0.717, 1.165) is 0 Å². The zero-order valence-electron chi connectivity index (χ0n) is 7.33. The van der Waals surface area contributed by atoms with Gasteiger partial charge in [-0.15, -0.1) is 0 Å². The predicted molar refractivity (Wildman–Crippen MR) is 47.0 cm³/mol. The first-order valence-corrected chi connectivity index (χ1v) is 3.91. The summed E-state index contributed by atoms with van der Waals surface area (Å²) >= 11 is 0. The Kier molecular flexibility index (Phi) is 3.22. The largest absolute Gasteiger partial charge is 0.494 e. The summed E-state index contributed by atoms with van der Waals surface area (Å²) in [5.41, 5.74) is 5.38. The zero-order valence-corrected chi connectivity index (χ0v) is 7.33. The molecule has 0 spiro atoms. The summed E-state index contributed by atoms with van der Waals surface area (Å²) in [5.74, 6) is -0.437. The smallest absolute Gasteiger partial charge is 0.170 e. The van der Waals surface area contributed by atoms with Crippen molar-refractivity contribution in [3.63, 3.8) is 0 Å². The van der Waals surface area contributed by atoms with Gasteiger partial charge in [-0.2, -0.15) is 0 Å². The zero-order chi connectivity index (χ0) is 9.84. The Morgan fingerprint density at radius 1 is 1.62 bits per heavy atom. The average Bonchev–Trinajstić information content (AvgIpc) is 2.17. The second kappa shape index (κ2) is 4.20. The molecule has 72 valence electrons. The number of ether oxygens (including phenoxy) is 1. The van der Waals surface area contributed by atoms with E-state index in [1.807, 2.05) is 0 Å². The molecule has 4 heteroatoms. The number of aliphatic hydroxyl groups excluding tert-OH is 1. The summed E-state index contributed by atoms with van der Waals surface area (Å²) in [5, 5.41) is 9.31. The lowest BCUT2D eigenvalue weighted by molar-refractivity contribution is 0.180. The average molecular weight is 185 g/mol. The number of hydrogen-bond acceptors (Lipinski definition) is 3. The Morgan fingerprint density at radius 2 is 2.31 bits per heavy atom. The van der Waals surface area contributed by atoms with Crippen LogP contribution >= 0.6 is 0 Å². The minimum Gasteiger partial charge on any atom is -0.494 e. The Labute approximate surface area is 75.9 Å². The van der Waals surface area contributed by atoms with Gasteiger partial charge in [0, 0.05) is 12.1 Å². The topological polar surface area (TPSA) is 55.5 Å². The third-order valence-corrected chi connectivity index (χ3v) is 1.80. The van der Waals surface area contributed by atoms with Crippen molar-refractivity contribution in [1.29, 1.82) is 0 Å². The molecule has 0 aliphatic carbocycles. The number of halogens is 1. The Morgan fingerprint density at radius 3 is 2.85 bits per heavy atom. The van der Waals surface area contributed by atoms with E-state index in [2.05, 4.69) is 0 Å². The molecular weight excluding hydrogens is 173 g/mol. The molecule has 0 fully saturated rings. The third-order valence-electron chi connectivity index (χ3n) is 1.80. The SMILES string of the molecule is COc1cccc(C(O)CN)c1F. The molecule has 0 bridgehead atoms. The van der Waals surface area contributed by atoms with Crippen LogP contribution < -0.4 is 10.5 Å². The number of nitrogens with two attached hydrogens (primary N) is 1. The molecule has 0 aliphatic rings. The Balaban J connectivity index is 3.08. The van der Waals surface area contributed by atoms with Gasteiger partial charge in [0.15, 0.2) is 11.6 Å². The molecule has 1 rings (SSSR count). The number of methoxy groups -OCH3 is 1. The molecule has 1 unspecified atom stereocenters. The minimum atomic E-state index is -0.977. The summed E-state index contributed by atoms with van der Waals surface area (Å²) in [6.07, 6.45) is -0.977. The highest BCUT2D eigenvalue weighted by atomic mass is 19.1. The van der Waals surface area contributed by atoms with E-state index in [4.69, 9.17) is 10.5 Å². The quantitative estimate of drug-likeness (QED) is 0.733. The van der Waals surface area contributed by atoms with Crippen molar-refractivity contribution in [3.05, 3.63) is 29.6 Å². The molecule has 0 saturated carbocycles. The molecular formula is C9H12FNO2. The maximum atomic E-state index is 13.4. The monoisotopic (exact) mass is 185 g/mol. The van der Waals surface area contributed by atoms with Crippen molar-refractivity contribution in [2.45, 2.75) is 6.10 Å². The fraction of sp³-hybridized carbons (Fsp3) is 0.333. The lowest BCUT2D eigenvalue weighted by Crippen LogP contribution is -2.13. The van der Waals surface area contributed by atoms with Gasteiger partial charge >= 0.3 is 0 Å². The van der Waals surface area contributed by atoms with Crippen LogP contribution in [0, 0.1) is 5.82 Å². The summed E-state index contributed by atoms with van der Waals surface area (Å²) in [6.45, 7) is -0.00983. The fourth-order valence-electron chi connectivity index (χ4n) is 1.07. The second-order valence-corrected chi connectivity index (χ2v) is 2.61. The molecule has 1 atom stereocenters. The van der Waals surface area contributed by atoms with Gasteiger partial charge in [0.05, 0.1) is 13.2 Å². The van der Waals surface area contributed by atoms with Crippen LogP contribution in [0.1, 0.15) is 11.7 Å². The van der Waals surface area contributed by atoms with Gasteiger partial charge in [0.25, 0.3) is 0 Å². The molecule has 13 heavy (non-hydrogen) atoms. The van der Waals surface area contributed by atoms with Crippen LogP contribution in [0.3, 0.4) is 0 Å². The first-order valence-electron chi connectivity index (χ1n) is 3.91. The molecule has 0 aliphatic heterocycles. The lowest BCUT2D eigenvalue weighted by atomic mass is 10.1. The van der Waals surface area contributed by atoms with Gasteiger partial charge in [-0.25, -0.2) is 4.39 Å². The van der Waals surface area contributed by atoms with Gasteiger partial charge in [0.1, 0.15) is 0 Å². The van der Waals surface area contributed by atoms with Crippen molar-refractivity contribution in [2.75, 3.05) is 13.7 Å². The number of benzene rings is 1. The van der Waals surface area contributed by atoms with E-state index < -0.39 is 11.9 Å². The van der Waals surface area contributed by atoms with Crippen LogP contribution in [0.25, 0.3) is 0 Å². The molecule has 0 saturated heterocycles. The molecule has 0 radical (unpaired) electrons. The highest BCUT2D eigenvalue weighted by Crippen LogP contribution is 2.24. The molecule has 3 nitrogen and oxygen atoms in total. The van der Waals surface area contributed by atoms with Gasteiger partial charge in [-0.3, -0.25) is 0 Å². The van der Waals surface area contributed by atoms with E-state index in [1.165, 1.54) is 19.2 Å². The maximum absolute atomic E-state index is 13.4. The molecule has 0 aromatic heterocycles. The highest BCUT2D eigenvalue weighted by molar-refractivity contribution is 5.32. The number of hydrogen-bond donors (Lipinski definition) is 2. The van der Waals surface area contributed by atoms with E-state index in [1.54, 1.807) is 6.07 Å². The van der Waals surface area contributed by atoms with Crippen LogP contribution in [-0.4, -0.2) is 18.8 Å². The van der Waals surface area contributed by atoms with Crippen molar-refractivity contribution < 1.29 is 14.2 Å². The van der Waals surface area contributed by atoms with Crippen LogP contribution in [0.2, 0.25) is 0 Å². The summed E-state index contributed by atoms with van der Waals surface area (Å²) < 4.78 is 18.1. The van der Waals surface area contributed by atoms with Crippen LogP contribution in [0.15, 0.2) is 18.2 Å². The first-order chi connectivity index (χ1) is 6.20. The molecule has 1 aromatic carbocycles. The van der Waals surface area contributed by atoms with Crippen molar-refractivity contribution in [2.24, 2.45) is 5.73 Å². The van der Waals surface area contributed by atoms with Crippen LogP contribution in [0.4, 0.5) is 4.39 Å². The maximum Gasteiger partial charge on any atom is 0.170 e. The van der Waals surface area contributed by atoms with Gasteiger partial charge in [-0.05, 0) is 6.07 Å². The van der Waals surface area contributed by atoms with Crippen molar-refractivity contribution in [1.82, 2.24) is 0 Å². The fourth-order valence-corrected chi connectivity index (χ4v) is 1.07. The van der Waals surface area contributed by atoms with Crippen LogP contribution in [0.5, 0.6) is 5.75 Å². The standard InChI is InChI=1S/C9H12FNO2/c1-13-8-4-2-3-6(9(8)10)7(12)5-11/h2-4,7,12H,5,11H2,1H3. The Bertz CT molecular complexity index is 291. The van der Waals surface area contributed by atoms with Crippen LogP contribution in [-0.2, 0) is 0 Å². The summed E-state index contributed by atoms with van der Waals surface area (Å²) in [6, 6.07) is 4.58. The van der Waals surface area contributed by atoms with E-state index >= 15 is 0 Å². The van der Waals surface area contributed by atoms with Gasteiger partial charge < -0.3 is 15.6 Å². The van der Waals surface area contributed by atoms with Crippen molar-refractivity contribution in [3.8, 4) is 5.75 Å². The summed E-state index contributed by atoms with van der Waals surface area (Å²) in [7, 11) is 1.37. The molecule has 0 amide bonds. The minimum absolute atomic E-state index is 0.00983. The van der Waals surface area contributed by atoms with E-state index in [9.17, 15) is 9.50 Å². The van der Waals surface area contributed by atoms with Gasteiger partial charge in [0.2, 0.25) is 0 Å². The second-order valence-electron chi connectivity index (χ2n) is 2.61. The first kappa shape index (κ1) is 9.95. The van der Waals surface area contributed by atoms with E-state index in [0.29, 0.717) is 0 Å². The summed E-state index contributed by atoms with van der Waals surface area (Å²) in [4.78, 5) is 0. The Hall–Kier alpha value is -1.13. The highest BCUT2D eigenvalue weighted by Gasteiger charge is 2.14. The van der Waals surface area contributed by atoms with E-state index in [-0.39, 0.29) is 17.9 Å². The lowest BCUT2D eigenvalue weighted by Gasteiger charge is -2.11. The molecule has 3 N–H and O–H groups in total. The number of aliphatic hydroxyl groups is 1. The number of rotatable bonds is 3. The molecule has 1 aromatic rings. The third kappa shape index (κ3) is 1.96. The van der Waals surface area contributed by atoms with Crippen molar-refractivity contribution >= 4 is 0 Å². The normalized spacial score (nSPS) is 12.6.